The molecule has 0 spiro atoms. The molecule has 60 heavy (non-hydrogen) atoms. The van der Waals surface area contributed by atoms with E-state index in [1.54, 1.807) is 39.8 Å². The molecule has 2 aromatic carbocycles. The van der Waals surface area contributed by atoms with Crippen molar-refractivity contribution < 1.29 is 56.5 Å². The number of aromatic hydroxyl groups is 4. The van der Waals surface area contributed by atoms with Crippen LogP contribution < -0.4 is 10.6 Å². The van der Waals surface area contributed by atoms with E-state index in [1.165, 1.54) is 24.3 Å². The number of rotatable bonds is 4. The standard InChI is InChI=1S/C40H32N8O12/c1-15-29-37-43-23(13-55-37)33(53)41-22(10-20-6-8-26(50)28(52)12-20)36-46-32(18(4)58-36)40-48-30(16(2)60-40)38-44-24(14-56-38)34(54)42-21(9-19-5-7-25(49)27(51)11-19)35-45-31(17(3)57-35)39(47-29)59-15/h5-8,11-14,21-22,49-52H,9-10H2,1-4H3,(H,41,53)(H,42,54)/t21-,22-/m0/s1. The minimum absolute atomic E-state index is 0.0248. The van der Waals surface area contributed by atoms with Crippen LogP contribution in [0.4, 0.5) is 0 Å². The zero-order valence-electron chi connectivity index (χ0n) is 31.9. The van der Waals surface area contributed by atoms with E-state index in [2.05, 4.69) is 40.5 Å². The summed E-state index contributed by atoms with van der Waals surface area (Å²) < 4.78 is 35.5. The van der Waals surface area contributed by atoms with E-state index in [1.807, 2.05) is 0 Å². The molecule has 0 fully saturated rings. The summed E-state index contributed by atoms with van der Waals surface area (Å²) in [5.74, 6) is -1.55. The highest BCUT2D eigenvalue weighted by Crippen LogP contribution is 2.36. The number of carbonyl (C=O) groups is 2. The van der Waals surface area contributed by atoms with Gasteiger partial charge in [-0.3, -0.25) is 9.59 Å². The molecule has 6 aromatic heterocycles. The van der Waals surface area contributed by atoms with Gasteiger partial charge in [-0.05, 0) is 63.1 Å². The maximum atomic E-state index is 13.8. The highest BCUT2D eigenvalue weighted by Gasteiger charge is 2.31. The summed E-state index contributed by atoms with van der Waals surface area (Å²) in [7, 11) is 0. The molecule has 6 N–H and O–H groups in total. The van der Waals surface area contributed by atoms with E-state index < -0.39 is 23.9 Å². The number of fused-ring (bicyclic) bond motifs is 16. The second-order valence-electron chi connectivity index (χ2n) is 13.9. The number of hydrogen-bond donors (Lipinski definition) is 6. The van der Waals surface area contributed by atoms with E-state index >= 15 is 0 Å². The van der Waals surface area contributed by atoms with Gasteiger partial charge in [-0.15, -0.1) is 0 Å². The first-order valence-corrected chi connectivity index (χ1v) is 18.2. The van der Waals surface area contributed by atoms with Crippen molar-refractivity contribution in [3.8, 4) is 69.3 Å². The van der Waals surface area contributed by atoms with Crippen molar-refractivity contribution in [2.24, 2.45) is 0 Å². The zero-order chi connectivity index (χ0) is 42.0. The smallest absolute Gasteiger partial charge is 0.273 e. The lowest BCUT2D eigenvalue weighted by Gasteiger charge is -2.15. The predicted octanol–water partition coefficient (Wildman–Crippen LogP) is 6.08. The molecule has 0 aliphatic carbocycles. The normalized spacial score (nSPS) is 15.4. The lowest BCUT2D eigenvalue weighted by molar-refractivity contribution is 0.0916. The van der Waals surface area contributed by atoms with Gasteiger partial charge in [0.2, 0.25) is 35.3 Å². The Morgan fingerprint density at radius 1 is 0.500 bits per heavy atom. The number of oxazole rings is 6. The maximum absolute atomic E-state index is 13.8. The molecule has 2 amide bonds. The summed E-state index contributed by atoms with van der Waals surface area (Å²) in [5, 5.41) is 46.0. The van der Waals surface area contributed by atoms with Gasteiger partial charge in [0, 0.05) is 12.8 Å². The van der Waals surface area contributed by atoms with Gasteiger partial charge in [0.1, 0.15) is 47.7 Å². The minimum atomic E-state index is -0.962. The molecule has 2 atom stereocenters. The van der Waals surface area contributed by atoms with Crippen molar-refractivity contribution in [3.05, 3.63) is 106 Å². The molecule has 0 saturated heterocycles. The first-order valence-electron chi connectivity index (χ1n) is 18.2. The second-order valence-corrected chi connectivity index (χ2v) is 13.9. The number of phenols is 4. The molecular formula is C40H32N8O12. The summed E-state index contributed by atoms with van der Waals surface area (Å²) in [4.78, 5) is 54.8. The van der Waals surface area contributed by atoms with Crippen LogP contribution in [0.5, 0.6) is 23.0 Å². The second kappa shape index (κ2) is 14.3. The van der Waals surface area contributed by atoms with Crippen LogP contribution in [-0.2, 0) is 12.8 Å². The number of phenolic OH excluding ortho intramolecular Hbond substituents is 4. The van der Waals surface area contributed by atoms with E-state index in [4.69, 9.17) is 26.5 Å². The minimum Gasteiger partial charge on any atom is -0.504 e. The number of aromatic nitrogens is 6. The van der Waals surface area contributed by atoms with Gasteiger partial charge in [-0.2, -0.15) is 0 Å². The number of benzene rings is 2. The number of carbonyl (C=O) groups excluding carboxylic acids is 2. The summed E-state index contributed by atoms with van der Waals surface area (Å²) in [6.45, 7) is 6.50. The van der Waals surface area contributed by atoms with Crippen molar-refractivity contribution in [3.63, 3.8) is 0 Å². The number of nitrogens with zero attached hydrogens (tertiary/aromatic N) is 6. The van der Waals surface area contributed by atoms with Gasteiger partial charge in [0.15, 0.2) is 57.2 Å². The van der Waals surface area contributed by atoms with E-state index in [0.717, 1.165) is 12.5 Å². The number of nitrogens with one attached hydrogen (secondary N) is 2. The van der Waals surface area contributed by atoms with Gasteiger partial charge >= 0.3 is 0 Å². The highest BCUT2D eigenvalue weighted by atomic mass is 16.4. The molecule has 0 radical (unpaired) electrons. The first-order chi connectivity index (χ1) is 28.8. The van der Waals surface area contributed by atoms with Crippen molar-refractivity contribution in [2.45, 2.75) is 52.6 Å². The maximum Gasteiger partial charge on any atom is 0.273 e. The Bertz CT molecular complexity index is 2770. The lowest BCUT2D eigenvalue weighted by Crippen LogP contribution is -2.30. The third kappa shape index (κ3) is 6.84. The fourth-order valence-electron chi connectivity index (χ4n) is 6.62. The lowest BCUT2D eigenvalue weighted by atomic mass is 10.0. The molecule has 20 heteroatoms. The Morgan fingerprint density at radius 3 is 1.28 bits per heavy atom. The monoisotopic (exact) mass is 816 g/mol. The Labute approximate surface area is 336 Å². The molecule has 304 valence electrons. The van der Waals surface area contributed by atoms with Gasteiger partial charge in [-0.25, -0.2) is 29.9 Å². The topological polar surface area (TPSA) is 295 Å². The zero-order valence-corrected chi connectivity index (χ0v) is 31.9. The van der Waals surface area contributed by atoms with Crippen LogP contribution in [0.1, 0.15) is 79.0 Å². The van der Waals surface area contributed by atoms with Crippen molar-refractivity contribution >= 4 is 11.8 Å². The quantitative estimate of drug-likeness (QED) is 0.110. The highest BCUT2D eigenvalue weighted by molar-refractivity contribution is 5.93. The largest absolute Gasteiger partial charge is 0.504 e. The number of aryl methyl sites for hydroxylation is 4. The summed E-state index contributed by atoms with van der Waals surface area (Å²) in [5.41, 5.74) is 1.50. The molecule has 7 heterocycles. The number of amides is 2. The van der Waals surface area contributed by atoms with E-state index in [-0.39, 0.29) is 128 Å². The molecule has 0 saturated carbocycles. The van der Waals surface area contributed by atoms with Gasteiger partial charge in [0.25, 0.3) is 11.8 Å². The molecule has 1 aliphatic heterocycles. The molecule has 9 rings (SSSR count). The van der Waals surface area contributed by atoms with Crippen molar-refractivity contribution in [1.29, 1.82) is 0 Å². The Morgan fingerprint density at radius 2 is 0.883 bits per heavy atom. The van der Waals surface area contributed by atoms with E-state index in [9.17, 15) is 30.0 Å². The fourth-order valence-corrected chi connectivity index (χ4v) is 6.62. The average molecular weight is 817 g/mol. The Kier molecular flexibility index (Phi) is 8.94. The number of hydrogen-bond acceptors (Lipinski definition) is 18. The van der Waals surface area contributed by atoms with Crippen LogP contribution in [0.2, 0.25) is 0 Å². The molecular weight excluding hydrogens is 784 g/mol. The third-order valence-corrected chi connectivity index (χ3v) is 9.67. The van der Waals surface area contributed by atoms with E-state index in [0.29, 0.717) is 11.1 Å². The van der Waals surface area contributed by atoms with Gasteiger partial charge < -0.3 is 57.6 Å². The van der Waals surface area contributed by atoms with Crippen LogP contribution in [0.15, 0.2) is 75.4 Å². The third-order valence-electron chi connectivity index (χ3n) is 9.67. The molecule has 20 nitrogen and oxygen atoms in total. The molecule has 8 aromatic rings. The average Bonchev–Trinajstić information content (AvgIpc) is 4.07. The first kappa shape index (κ1) is 37.4. The summed E-state index contributed by atoms with van der Waals surface area (Å²) in [6.07, 6.45) is 2.39. The van der Waals surface area contributed by atoms with Crippen molar-refractivity contribution in [1.82, 2.24) is 40.5 Å². The molecule has 12 bridgehead atoms. The van der Waals surface area contributed by atoms with Crippen molar-refractivity contribution in [2.75, 3.05) is 0 Å². The SMILES string of the molecule is Cc1oc2nc1-c1nc(co1)C(=O)N[C@@H](Cc1ccc(O)c(O)c1)c1nc(c(C)o1)-c1nc(c(C)o1)-c1nc(co1)C(=O)N[C@@H](Cc1ccc(O)c(O)c1)c1nc-2c(C)o1. The van der Waals surface area contributed by atoms with Crippen LogP contribution in [0.25, 0.3) is 46.3 Å². The fraction of sp³-hybridized carbons (Fsp3) is 0.200. The Hall–Kier alpha value is -8.16. The molecule has 1 aliphatic rings. The Balaban J connectivity index is 1.15. The van der Waals surface area contributed by atoms with Gasteiger partial charge in [-0.1, -0.05) is 12.1 Å². The summed E-state index contributed by atoms with van der Waals surface area (Å²) >= 11 is 0. The van der Waals surface area contributed by atoms with Crippen LogP contribution >= 0.6 is 0 Å². The van der Waals surface area contributed by atoms with Crippen LogP contribution in [-0.4, -0.2) is 62.1 Å². The summed E-state index contributed by atoms with van der Waals surface area (Å²) in [6, 6.07) is 6.54. The van der Waals surface area contributed by atoms with Crippen LogP contribution in [0, 0.1) is 27.7 Å². The van der Waals surface area contributed by atoms with Crippen LogP contribution in [0.3, 0.4) is 0 Å². The molecule has 0 unspecified atom stereocenters. The van der Waals surface area contributed by atoms with Gasteiger partial charge in [0.05, 0.1) is 0 Å². The predicted molar refractivity (Wildman–Crippen MR) is 201 cm³/mol.